The topological polar surface area (TPSA) is 75.3 Å². The summed E-state index contributed by atoms with van der Waals surface area (Å²) in [6, 6.07) is 19.8. The molecule has 0 saturated heterocycles. The first-order valence-electron chi connectivity index (χ1n) is 8.78. The molecule has 6 heteroatoms. The van der Waals surface area contributed by atoms with Gasteiger partial charge in [-0.3, -0.25) is 14.4 Å². The van der Waals surface area contributed by atoms with Gasteiger partial charge in [0.15, 0.2) is 0 Å². The van der Waals surface area contributed by atoms with Crippen LogP contribution in [0.3, 0.4) is 0 Å². The van der Waals surface area contributed by atoms with Gasteiger partial charge in [-0.05, 0) is 36.6 Å². The predicted molar refractivity (Wildman–Crippen MR) is 111 cm³/mol. The number of hydrogen-bond acceptors (Lipinski definition) is 3. The summed E-state index contributed by atoms with van der Waals surface area (Å²) in [5.41, 5.74) is 1.11. The van der Waals surface area contributed by atoms with Gasteiger partial charge in [0.2, 0.25) is 11.8 Å². The zero-order chi connectivity index (χ0) is 20.1. The molecule has 0 aliphatic rings. The van der Waals surface area contributed by atoms with E-state index in [-0.39, 0.29) is 12.2 Å². The Morgan fingerprint density at radius 1 is 0.929 bits per heavy atom. The van der Waals surface area contributed by atoms with Gasteiger partial charge in [0.05, 0.1) is 0 Å². The molecule has 0 aromatic heterocycles. The third-order valence-electron chi connectivity index (χ3n) is 4.35. The highest BCUT2D eigenvalue weighted by molar-refractivity contribution is 6.30. The van der Waals surface area contributed by atoms with Gasteiger partial charge in [-0.25, -0.2) is 0 Å². The molecule has 0 fully saturated rings. The minimum Gasteiger partial charge on any atom is -0.326 e. The number of carbonyl (C=O) groups excluding carboxylic acids is 3. The number of halogens is 1. The average Bonchev–Trinajstić information content (AvgIpc) is 2.66. The fourth-order valence-corrected chi connectivity index (χ4v) is 3.13. The van der Waals surface area contributed by atoms with Gasteiger partial charge in [0.1, 0.15) is 11.7 Å². The Hall–Kier alpha value is -3.18. The Bertz CT molecular complexity index is 1040. The summed E-state index contributed by atoms with van der Waals surface area (Å²) in [7, 11) is 0. The van der Waals surface area contributed by atoms with Crippen LogP contribution in [0.25, 0.3) is 10.8 Å². The highest BCUT2D eigenvalue weighted by atomic mass is 35.5. The van der Waals surface area contributed by atoms with Crippen molar-refractivity contribution in [2.45, 2.75) is 13.3 Å². The number of carbonyl (C=O) groups is 3. The van der Waals surface area contributed by atoms with E-state index in [0.717, 1.165) is 10.8 Å². The molecule has 0 aliphatic carbocycles. The summed E-state index contributed by atoms with van der Waals surface area (Å²) in [6.07, 6.45) is -0.252. The van der Waals surface area contributed by atoms with E-state index in [0.29, 0.717) is 16.4 Å². The largest absolute Gasteiger partial charge is 0.326 e. The first kappa shape index (κ1) is 19.6. The number of anilines is 2. The molecule has 2 amide bonds. The molecule has 1 unspecified atom stereocenters. The number of rotatable bonds is 6. The van der Waals surface area contributed by atoms with Crippen molar-refractivity contribution in [1.82, 2.24) is 0 Å². The molecule has 3 aromatic rings. The SMILES string of the molecule is CC(=O)C(CC(=O)Nc1cccc(Cl)c1)C(=O)Nc1cccc2ccccc12. The number of nitrogens with one attached hydrogen (secondary N) is 2. The van der Waals surface area contributed by atoms with Gasteiger partial charge in [-0.1, -0.05) is 54.1 Å². The second kappa shape index (κ2) is 8.67. The number of amides is 2. The number of hydrogen-bond donors (Lipinski definition) is 2. The van der Waals surface area contributed by atoms with Gasteiger partial charge < -0.3 is 10.6 Å². The first-order valence-corrected chi connectivity index (χ1v) is 9.16. The molecule has 0 saturated carbocycles. The zero-order valence-corrected chi connectivity index (χ0v) is 16.0. The highest BCUT2D eigenvalue weighted by Gasteiger charge is 2.27. The van der Waals surface area contributed by atoms with Crippen LogP contribution in [0, 0.1) is 5.92 Å². The maximum Gasteiger partial charge on any atom is 0.235 e. The van der Waals surface area contributed by atoms with Crippen molar-refractivity contribution in [3.8, 4) is 0 Å². The van der Waals surface area contributed by atoms with E-state index in [1.54, 1.807) is 30.3 Å². The Morgan fingerprint density at radius 2 is 1.64 bits per heavy atom. The van der Waals surface area contributed by atoms with Crippen LogP contribution in [0.5, 0.6) is 0 Å². The third-order valence-corrected chi connectivity index (χ3v) is 4.59. The summed E-state index contributed by atoms with van der Waals surface area (Å²) in [4.78, 5) is 37.0. The van der Waals surface area contributed by atoms with E-state index in [2.05, 4.69) is 10.6 Å². The van der Waals surface area contributed by atoms with Gasteiger partial charge >= 0.3 is 0 Å². The van der Waals surface area contributed by atoms with Crippen molar-refractivity contribution in [3.63, 3.8) is 0 Å². The van der Waals surface area contributed by atoms with E-state index in [1.807, 2.05) is 36.4 Å². The van der Waals surface area contributed by atoms with Crippen LogP contribution >= 0.6 is 11.6 Å². The van der Waals surface area contributed by atoms with Crippen molar-refractivity contribution in [2.75, 3.05) is 10.6 Å². The lowest BCUT2D eigenvalue weighted by molar-refractivity contribution is -0.133. The number of fused-ring (bicyclic) bond motifs is 1. The molecule has 3 aromatic carbocycles. The Morgan fingerprint density at radius 3 is 2.39 bits per heavy atom. The molecule has 142 valence electrons. The molecule has 5 nitrogen and oxygen atoms in total. The molecular formula is C22H19ClN2O3. The van der Waals surface area contributed by atoms with Gasteiger partial charge in [-0.15, -0.1) is 0 Å². The molecule has 0 bridgehead atoms. The fraction of sp³-hybridized carbons (Fsp3) is 0.136. The molecule has 3 rings (SSSR count). The quantitative estimate of drug-likeness (QED) is 0.597. The van der Waals surface area contributed by atoms with Crippen LogP contribution in [0.1, 0.15) is 13.3 Å². The fourth-order valence-electron chi connectivity index (χ4n) is 2.94. The van der Waals surface area contributed by atoms with Crippen molar-refractivity contribution in [1.29, 1.82) is 0 Å². The number of ketones is 1. The summed E-state index contributed by atoms with van der Waals surface area (Å²) < 4.78 is 0. The number of Topliss-reactive ketones (excluding diaryl/α,β-unsaturated/α-hetero) is 1. The second-order valence-electron chi connectivity index (χ2n) is 6.44. The molecule has 0 radical (unpaired) electrons. The second-order valence-corrected chi connectivity index (χ2v) is 6.88. The Labute approximate surface area is 167 Å². The Kier molecular flexibility index (Phi) is 6.06. The van der Waals surface area contributed by atoms with Crippen molar-refractivity contribution in [2.24, 2.45) is 5.92 Å². The van der Waals surface area contributed by atoms with E-state index < -0.39 is 17.7 Å². The van der Waals surface area contributed by atoms with Crippen molar-refractivity contribution < 1.29 is 14.4 Å². The van der Waals surface area contributed by atoms with E-state index >= 15 is 0 Å². The van der Waals surface area contributed by atoms with Crippen LogP contribution in [-0.4, -0.2) is 17.6 Å². The maximum atomic E-state index is 12.7. The molecule has 1 atom stereocenters. The van der Waals surface area contributed by atoms with Crippen LogP contribution in [0.15, 0.2) is 66.7 Å². The summed E-state index contributed by atoms with van der Waals surface area (Å²) in [5, 5.41) is 7.76. The lowest BCUT2D eigenvalue weighted by atomic mass is 9.99. The van der Waals surface area contributed by atoms with Gasteiger partial charge in [0, 0.05) is 28.2 Å². The zero-order valence-electron chi connectivity index (χ0n) is 15.2. The smallest absolute Gasteiger partial charge is 0.235 e. The summed E-state index contributed by atoms with van der Waals surface area (Å²) >= 11 is 5.90. The molecule has 0 spiro atoms. The van der Waals surface area contributed by atoms with E-state index in [9.17, 15) is 14.4 Å². The van der Waals surface area contributed by atoms with Crippen LogP contribution in [-0.2, 0) is 14.4 Å². The molecule has 28 heavy (non-hydrogen) atoms. The Balaban J connectivity index is 1.73. The minimum absolute atomic E-state index is 0.252. The minimum atomic E-state index is -1.09. The number of benzene rings is 3. The molecular weight excluding hydrogens is 376 g/mol. The van der Waals surface area contributed by atoms with Crippen LogP contribution in [0.4, 0.5) is 11.4 Å². The van der Waals surface area contributed by atoms with E-state index in [4.69, 9.17) is 11.6 Å². The normalized spacial score (nSPS) is 11.6. The third kappa shape index (κ3) is 4.75. The first-order chi connectivity index (χ1) is 13.4. The summed E-state index contributed by atoms with van der Waals surface area (Å²) in [5.74, 6) is -2.40. The predicted octanol–water partition coefficient (Wildman–Crippen LogP) is 4.67. The molecule has 0 heterocycles. The van der Waals surface area contributed by atoms with Gasteiger partial charge in [0.25, 0.3) is 0 Å². The van der Waals surface area contributed by atoms with E-state index in [1.165, 1.54) is 6.92 Å². The highest BCUT2D eigenvalue weighted by Crippen LogP contribution is 2.24. The van der Waals surface area contributed by atoms with Crippen LogP contribution < -0.4 is 10.6 Å². The van der Waals surface area contributed by atoms with Crippen molar-refractivity contribution in [3.05, 3.63) is 71.8 Å². The lowest BCUT2D eigenvalue weighted by Gasteiger charge is -2.15. The monoisotopic (exact) mass is 394 g/mol. The maximum absolute atomic E-state index is 12.7. The van der Waals surface area contributed by atoms with Crippen molar-refractivity contribution >= 4 is 51.3 Å². The molecule has 0 aliphatic heterocycles. The lowest BCUT2D eigenvalue weighted by Crippen LogP contribution is -2.32. The average molecular weight is 395 g/mol. The standard InChI is InChI=1S/C22H19ClN2O3/c1-14(26)19(13-21(27)24-17-9-5-8-16(23)12-17)22(28)25-20-11-4-7-15-6-2-3-10-18(15)20/h2-12,19H,13H2,1H3,(H,24,27)(H,25,28). The summed E-state index contributed by atoms with van der Waals surface area (Å²) in [6.45, 7) is 1.31. The van der Waals surface area contributed by atoms with Gasteiger partial charge in [-0.2, -0.15) is 0 Å². The van der Waals surface area contributed by atoms with Crippen LogP contribution in [0.2, 0.25) is 5.02 Å². The molecule has 2 N–H and O–H groups in total.